The molecule has 1 N–H and O–H groups in total. The Morgan fingerprint density at radius 2 is 2.47 bits per heavy atom. The standard InChI is InChI=1S/C11H15ClN2O/c12-7-9-3-1-5-13-11(9)14-6-2-4-10(14)8-15/h1,3,5,10,15H,2,4,6-8H2. The molecule has 0 bridgehead atoms. The van der Waals surface area contributed by atoms with Crippen molar-refractivity contribution < 1.29 is 5.11 Å². The number of pyridine rings is 1. The van der Waals surface area contributed by atoms with Crippen molar-refractivity contribution in [3.05, 3.63) is 23.9 Å². The predicted octanol–water partition coefficient (Wildman–Crippen LogP) is 1.78. The first-order valence-corrected chi connectivity index (χ1v) is 5.77. The van der Waals surface area contributed by atoms with Crippen molar-refractivity contribution in [1.29, 1.82) is 0 Å². The van der Waals surface area contributed by atoms with E-state index in [1.807, 2.05) is 12.1 Å². The number of alkyl halides is 1. The van der Waals surface area contributed by atoms with Gasteiger partial charge in [0, 0.05) is 18.3 Å². The van der Waals surface area contributed by atoms with E-state index in [0.29, 0.717) is 5.88 Å². The summed E-state index contributed by atoms with van der Waals surface area (Å²) in [6.45, 7) is 1.16. The summed E-state index contributed by atoms with van der Waals surface area (Å²) < 4.78 is 0. The van der Waals surface area contributed by atoms with Gasteiger partial charge >= 0.3 is 0 Å². The van der Waals surface area contributed by atoms with Crippen LogP contribution in [0.1, 0.15) is 18.4 Å². The van der Waals surface area contributed by atoms with E-state index >= 15 is 0 Å². The molecule has 2 rings (SSSR count). The average molecular weight is 227 g/mol. The summed E-state index contributed by atoms with van der Waals surface area (Å²) >= 11 is 5.87. The highest BCUT2D eigenvalue weighted by atomic mass is 35.5. The number of nitrogens with zero attached hydrogens (tertiary/aromatic N) is 2. The zero-order valence-corrected chi connectivity index (χ0v) is 9.32. The Hall–Kier alpha value is -0.800. The van der Waals surface area contributed by atoms with E-state index in [1.54, 1.807) is 6.20 Å². The maximum atomic E-state index is 9.26. The Balaban J connectivity index is 2.27. The van der Waals surface area contributed by atoms with Crippen LogP contribution in [-0.4, -0.2) is 29.3 Å². The van der Waals surface area contributed by atoms with Crippen molar-refractivity contribution in [3.63, 3.8) is 0 Å². The molecule has 2 heterocycles. The largest absolute Gasteiger partial charge is 0.394 e. The van der Waals surface area contributed by atoms with Crippen LogP contribution < -0.4 is 4.90 Å². The number of hydrogen-bond donors (Lipinski definition) is 1. The fourth-order valence-corrected chi connectivity index (χ4v) is 2.31. The molecule has 1 unspecified atom stereocenters. The molecule has 0 spiro atoms. The Labute approximate surface area is 94.7 Å². The third-order valence-electron chi connectivity index (χ3n) is 2.87. The molecular formula is C11H15ClN2O. The van der Waals surface area contributed by atoms with E-state index in [-0.39, 0.29) is 12.6 Å². The molecule has 15 heavy (non-hydrogen) atoms. The second kappa shape index (κ2) is 4.81. The van der Waals surface area contributed by atoms with E-state index in [1.165, 1.54) is 0 Å². The van der Waals surface area contributed by atoms with Crippen molar-refractivity contribution in [2.75, 3.05) is 18.1 Å². The fraction of sp³-hybridized carbons (Fsp3) is 0.545. The maximum absolute atomic E-state index is 9.26. The zero-order chi connectivity index (χ0) is 10.7. The van der Waals surface area contributed by atoms with Crippen molar-refractivity contribution >= 4 is 17.4 Å². The first-order chi connectivity index (χ1) is 7.36. The minimum absolute atomic E-state index is 0.193. The predicted molar refractivity (Wildman–Crippen MR) is 61.2 cm³/mol. The lowest BCUT2D eigenvalue weighted by Gasteiger charge is -2.25. The molecule has 0 radical (unpaired) electrons. The van der Waals surface area contributed by atoms with Crippen LogP contribution in [0.2, 0.25) is 0 Å². The van der Waals surface area contributed by atoms with E-state index in [4.69, 9.17) is 11.6 Å². The second-order valence-electron chi connectivity index (χ2n) is 3.79. The molecule has 1 aliphatic heterocycles. The summed E-state index contributed by atoms with van der Waals surface area (Å²) in [5.74, 6) is 1.40. The molecule has 3 nitrogen and oxygen atoms in total. The van der Waals surface area contributed by atoms with E-state index in [9.17, 15) is 5.11 Å². The van der Waals surface area contributed by atoms with Crippen LogP contribution in [0.3, 0.4) is 0 Å². The Morgan fingerprint density at radius 3 is 3.20 bits per heavy atom. The average Bonchev–Trinajstić information content (AvgIpc) is 2.76. The van der Waals surface area contributed by atoms with Crippen LogP contribution in [-0.2, 0) is 5.88 Å². The number of rotatable bonds is 3. The number of hydrogen-bond acceptors (Lipinski definition) is 3. The molecule has 4 heteroatoms. The summed E-state index contributed by atoms with van der Waals surface area (Å²) in [6.07, 6.45) is 3.93. The van der Waals surface area contributed by atoms with Gasteiger partial charge in [-0.3, -0.25) is 0 Å². The molecule has 1 fully saturated rings. The highest BCUT2D eigenvalue weighted by molar-refractivity contribution is 6.17. The van der Waals surface area contributed by atoms with Crippen LogP contribution in [0.15, 0.2) is 18.3 Å². The Kier molecular flexibility index (Phi) is 3.44. The van der Waals surface area contributed by atoms with Gasteiger partial charge in [0.15, 0.2) is 0 Å². The van der Waals surface area contributed by atoms with E-state index in [2.05, 4.69) is 9.88 Å². The highest BCUT2D eigenvalue weighted by Crippen LogP contribution is 2.27. The molecular weight excluding hydrogens is 212 g/mol. The van der Waals surface area contributed by atoms with E-state index < -0.39 is 0 Å². The first kappa shape index (κ1) is 10.7. The van der Waals surface area contributed by atoms with Gasteiger partial charge in [0.05, 0.1) is 18.5 Å². The summed E-state index contributed by atoms with van der Waals surface area (Å²) in [5.41, 5.74) is 1.04. The molecule has 0 aromatic carbocycles. The molecule has 1 aliphatic rings. The summed E-state index contributed by atoms with van der Waals surface area (Å²) in [6, 6.07) is 4.09. The van der Waals surface area contributed by atoms with Gasteiger partial charge in [-0.15, -0.1) is 11.6 Å². The molecule has 0 aliphatic carbocycles. The summed E-state index contributed by atoms with van der Waals surface area (Å²) in [4.78, 5) is 6.52. The number of aliphatic hydroxyl groups excluding tert-OH is 1. The normalized spacial score (nSPS) is 20.9. The number of aliphatic hydroxyl groups is 1. The number of halogens is 1. The molecule has 0 saturated carbocycles. The minimum Gasteiger partial charge on any atom is -0.394 e. The van der Waals surface area contributed by atoms with Crippen LogP contribution in [0.5, 0.6) is 0 Å². The van der Waals surface area contributed by atoms with Crippen molar-refractivity contribution in [2.45, 2.75) is 24.8 Å². The lowest BCUT2D eigenvalue weighted by Crippen LogP contribution is -2.33. The molecule has 1 atom stereocenters. The smallest absolute Gasteiger partial charge is 0.133 e. The molecule has 1 aromatic heterocycles. The van der Waals surface area contributed by atoms with Gasteiger partial charge in [0.25, 0.3) is 0 Å². The van der Waals surface area contributed by atoms with Gasteiger partial charge < -0.3 is 10.0 Å². The number of aromatic nitrogens is 1. The van der Waals surface area contributed by atoms with Crippen molar-refractivity contribution in [3.8, 4) is 0 Å². The zero-order valence-electron chi connectivity index (χ0n) is 8.56. The van der Waals surface area contributed by atoms with Crippen molar-refractivity contribution in [2.24, 2.45) is 0 Å². The Morgan fingerprint density at radius 1 is 1.60 bits per heavy atom. The summed E-state index contributed by atoms with van der Waals surface area (Å²) in [7, 11) is 0. The monoisotopic (exact) mass is 226 g/mol. The van der Waals surface area contributed by atoms with Gasteiger partial charge in [-0.05, 0) is 18.9 Å². The highest BCUT2D eigenvalue weighted by Gasteiger charge is 2.26. The van der Waals surface area contributed by atoms with Gasteiger partial charge in [-0.1, -0.05) is 6.07 Å². The topological polar surface area (TPSA) is 36.4 Å². The van der Waals surface area contributed by atoms with Gasteiger partial charge in [0.2, 0.25) is 0 Å². The fourth-order valence-electron chi connectivity index (χ4n) is 2.10. The molecule has 1 aromatic rings. The third-order valence-corrected chi connectivity index (χ3v) is 3.16. The van der Waals surface area contributed by atoms with Gasteiger partial charge in [-0.25, -0.2) is 4.98 Å². The van der Waals surface area contributed by atoms with E-state index in [0.717, 1.165) is 30.8 Å². The van der Waals surface area contributed by atoms with Crippen LogP contribution in [0.4, 0.5) is 5.82 Å². The molecule has 82 valence electrons. The van der Waals surface area contributed by atoms with Crippen LogP contribution in [0, 0.1) is 0 Å². The third kappa shape index (κ3) is 2.08. The molecule has 1 saturated heterocycles. The first-order valence-electron chi connectivity index (χ1n) is 5.24. The van der Waals surface area contributed by atoms with Crippen molar-refractivity contribution in [1.82, 2.24) is 4.98 Å². The molecule has 0 amide bonds. The summed E-state index contributed by atoms with van der Waals surface area (Å²) in [5, 5.41) is 9.26. The van der Waals surface area contributed by atoms with Crippen LogP contribution >= 0.6 is 11.6 Å². The number of anilines is 1. The Bertz CT molecular complexity index is 332. The lowest BCUT2D eigenvalue weighted by atomic mass is 10.2. The maximum Gasteiger partial charge on any atom is 0.133 e. The quantitative estimate of drug-likeness (QED) is 0.799. The lowest BCUT2D eigenvalue weighted by molar-refractivity contribution is 0.266. The van der Waals surface area contributed by atoms with Crippen LogP contribution in [0.25, 0.3) is 0 Å². The minimum atomic E-state index is 0.193. The second-order valence-corrected chi connectivity index (χ2v) is 4.06. The van der Waals surface area contributed by atoms with Gasteiger partial charge in [0.1, 0.15) is 5.82 Å². The SMILES string of the molecule is OCC1CCCN1c1ncccc1CCl. The van der Waals surface area contributed by atoms with Gasteiger partial charge in [-0.2, -0.15) is 0 Å².